The first-order valence-corrected chi connectivity index (χ1v) is 16.4. The Morgan fingerprint density at radius 3 is 1.10 bits per heavy atom. The quantitative estimate of drug-likeness (QED) is 0.250. The van der Waals surface area contributed by atoms with Crippen molar-refractivity contribution in [2.45, 2.75) is 0 Å². The summed E-state index contributed by atoms with van der Waals surface area (Å²) in [5.41, 5.74) is 13.4. The fourth-order valence-electron chi connectivity index (χ4n) is 6.72. The van der Waals surface area contributed by atoms with Crippen LogP contribution in [0.4, 0.5) is 0 Å². The number of fused-ring (bicyclic) bond motifs is 4. The van der Waals surface area contributed by atoms with Crippen molar-refractivity contribution in [2.24, 2.45) is 34.1 Å². The van der Waals surface area contributed by atoms with Gasteiger partial charge < -0.3 is 0 Å². The standard InChI is InChI=1S/C42H30N8/c1-49-25-9-5-13-37(49)41-33-19-17-31(46-33)39(27-11-3-7-23-43-27)29-15-16-30(45-29)40(28-12-4-8-24-44-28)32-18-20-34(47-32)42(36-22-21-35(41)48-36)38-14-6-10-26-50(38)2/h3-26H,1-2H3/q+2. The van der Waals surface area contributed by atoms with Gasteiger partial charge in [0.15, 0.2) is 12.4 Å². The third-order valence-corrected chi connectivity index (χ3v) is 9.07. The maximum Gasteiger partial charge on any atom is 0.216 e. The summed E-state index contributed by atoms with van der Waals surface area (Å²) in [6.45, 7) is 0. The van der Waals surface area contributed by atoms with E-state index in [1.54, 1.807) is 12.4 Å². The number of hydrogen-bond acceptors (Lipinski definition) is 6. The largest absolute Gasteiger partial charge is 0.256 e. The number of aryl methyl sites for hydroxylation is 2. The monoisotopic (exact) mass is 646 g/mol. The molecule has 0 spiro atoms. The summed E-state index contributed by atoms with van der Waals surface area (Å²) in [6.07, 6.45) is 24.1. The molecule has 0 saturated heterocycles. The Morgan fingerprint density at radius 2 is 0.740 bits per heavy atom. The fourth-order valence-corrected chi connectivity index (χ4v) is 6.72. The average molecular weight is 647 g/mol. The second-order valence-electron chi connectivity index (χ2n) is 12.2. The van der Waals surface area contributed by atoms with Crippen LogP contribution in [0.5, 0.6) is 0 Å². The molecule has 5 aliphatic heterocycles. The zero-order chi connectivity index (χ0) is 33.6. The molecule has 0 radical (unpaired) electrons. The summed E-state index contributed by atoms with van der Waals surface area (Å²) < 4.78 is 4.21. The van der Waals surface area contributed by atoms with Crippen LogP contribution in [0.3, 0.4) is 0 Å². The van der Waals surface area contributed by atoms with Crippen molar-refractivity contribution < 1.29 is 9.13 Å². The predicted molar refractivity (Wildman–Crippen MR) is 198 cm³/mol. The van der Waals surface area contributed by atoms with E-state index in [-0.39, 0.29) is 0 Å². The van der Waals surface area contributed by atoms with Crippen molar-refractivity contribution in [1.82, 2.24) is 9.97 Å². The Labute approximate surface area is 289 Å². The van der Waals surface area contributed by atoms with Gasteiger partial charge in [-0.3, -0.25) is 9.97 Å². The molecule has 0 N–H and O–H groups in total. The Kier molecular flexibility index (Phi) is 7.05. The molecule has 9 rings (SSSR count). The number of aliphatic imine (C=N–C) groups is 4. The minimum atomic E-state index is 0.764. The lowest BCUT2D eigenvalue weighted by atomic mass is 10.0. The van der Waals surface area contributed by atoms with Crippen molar-refractivity contribution in [3.8, 4) is 0 Å². The third kappa shape index (κ3) is 5.02. The van der Waals surface area contributed by atoms with Gasteiger partial charge in [0.05, 0.1) is 79.3 Å². The van der Waals surface area contributed by atoms with Crippen LogP contribution in [0.15, 0.2) is 189 Å². The Balaban J connectivity index is 1.39. The molecule has 4 aromatic heterocycles. The van der Waals surface area contributed by atoms with Crippen LogP contribution in [0.2, 0.25) is 0 Å². The minimum Gasteiger partial charge on any atom is -0.256 e. The molecular formula is C42H30N8+2. The minimum absolute atomic E-state index is 0.764. The molecule has 4 aromatic rings. The number of rotatable bonds is 4. The van der Waals surface area contributed by atoms with Crippen molar-refractivity contribution in [3.05, 3.63) is 192 Å². The van der Waals surface area contributed by atoms with E-state index < -0.39 is 0 Å². The summed E-state index contributed by atoms with van der Waals surface area (Å²) >= 11 is 0. The number of allylic oxidation sites excluding steroid dienone is 12. The topological polar surface area (TPSA) is 83.0 Å². The molecule has 5 aliphatic rings. The summed E-state index contributed by atoms with van der Waals surface area (Å²) in [5, 5.41) is 0. The number of hydrogen-bond donors (Lipinski definition) is 0. The zero-order valence-electron chi connectivity index (χ0n) is 27.4. The highest BCUT2D eigenvalue weighted by Crippen LogP contribution is 2.37. The van der Waals surface area contributed by atoms with Gasteiger partial charge >= 0.3 is 0 Å². The van der Waals surface area contributed by atoms with Gasteiger partial charge in [-0.25, -0.2) is 29.1 Å². The second-order valence-corrected chi connectivity index (χ2v) is 12.2. The van der Waals surface area contributed by atoms with Gasteiger partial charge in [0.25, 0.3) is 0 Å². The van der Waals surface area contributed by atoms with Gasteiger partial charge in [-0.1, -0.05) is 12.1 Å². The molecule has 8 heteroatoms. The number of nitrogens with zero attached hydrogens (tertiary/aromatic N) is 8. The highest BCUT2D eigenvalue weighted by molar-refractivity contribution is 6.39. The first-order chi connectivity index (χ1) is 24.6. The van der Waals surface area contributed by atoms with E-state index in [0.717, 1.165) is 90.7 Å². The summed E-state index contributed by atoms with van der Waals surface area (Å²) in [5.74, 6) is 0. The molecule has 0 aliphatic carbocycles. The van der Waals surface area contributed by atoms with Crippen LogP contribution in [-0.2, 0) is 14.1 Å². The molecule has 0 saturated carbocycles. The van der Waals surface area contributed by atoms with Crippen LogP contribution >= 0.6 is 0 Å². The van der Waals surface area contributed by atoms with Crippen molar-refractivity contribution in [3.63, 3.8) is 0 Å². The number of pyridine rings is 4. The predicted octanol–water partition coefficient (Wildman–Crippen LogP) is 6.13. The molecule has 50 heavy (non-hydrogen) atoms. The Morgan fingerprint density at radius 1 is 0.380 bits per heavy atom. The van der Waals surface area contributed by atoms with Gasteiger partial charge in [0, 0.05) is 36.7 Å². The van der Waals surface area contributed by atoms with E-state index in [2.05, 4.69) is 45.6 Å². The van der Waals surface area contributed by atoms with E-state index in [0.29, 0.717) is 0 Å². The lowest BCUT2D eigenvalue weighted by molar-refractivity contribution is -0.673. The van der Waals surface area contributed by atoms with Crippen LogP contribution in [0.1, 0.15) is 22.8 Å². The van der Waals surface area contributed by atoms with Crippen molar-refractivity contribution in [1.29, 1.82) is 0 Å². The molecule has 9 heterocycles. The molecule has 8 bridgehead atoms. The molecule has 236 valence electrons. The van der Waals surface area contributed by atoms with Gasteiger partial charge in [-0.2, -0.15) is 0 Å². The van der Waals surface area contributed by atoms with Crippen molar-refractivity contribution in [2.75, 3.05) is 0 Å². The van der Waals surface area contributed by atoms with Crippen LogP contribution in [0.25, 0.3) is 22.3 Å². The van der Waals surface area contributed by atoms with E-state index in [1.807, 2.05) is 111 Å². The summed E-state index contributed by atoms with van der Waals surface area (Å²) in [4.78, 5) is 30.7. The highest BCUT2D eigenvalue weighted by Gasteiger charge is 2.31. The lowest BCUT2D eigenvalue weighted by Crippen LogP contribution is -2.33. The highest BCUT2D eigenvalue weighted by atomic mass is 15.0. The van der Waals surface area contributed by atoms with E-state index >= 15 is 0 Å². The number of aromatic nitrogens is 4. The molecule has 0 aromatic carbocycles. The van der Waals surface area contributed by atoms with Gasteiger partial charge in [0.1, 0.15) is 14.1 Å². The van der Waals surface area contributed by atoms with Crippen molar-refractivity contribution >= 4 is 45.1 Å². The fraction of sp³-hybridized carbons (Fsp3) is 0.0476. The average Bonchev–Trinajstić information content (AvgIpc) is 3.98. The van der Waals surface area contributed by atoms with Gasteiger partial charge in [0.2, 0.25) is 11.4 Å². The van der Waals surface area contributed by atoms with Crippen LogP contribution in [-0.4, -0.2) is 32.8 Å². The van der Waals surface area contributed by atoms with Gasteiger partial charge in [-0.15, -0.1) is 0 Å². The van der Waals surface area contributed by atoms with Crippen LogP contribution in [0, 0.1) is 0 Å². The first kappa shape index (κ1) is 29.3. The summed E-state index contributed by atoms with van der Waals surface area (Å²) in [7, 11) is 4.09. The van der Waals surface area contributed by atoms with E-state index in [4.69, 9.17) is 29.9 Å². The molecule has 0 amide bonds. The second kappa shape index (κ2) is 12.0. The van der Waals surface area contributed by atoms with E-state index in [1.165, 1.54) is 0 Å². The molecular weight excluding hydrogens is 617 g/mol. The first-order valence-electron chi connectivity index (χ1n) is 16.4. The summed E-state index contributed by atoms with van der Waals surface area (Å²) in [6, 6.07) is 24.1. The third-order valence-electron chi connectivity index (χ3n) is 9.07. The maximum atomic E-state index is 5.34. The molecule has 8 nitrogen and oxygen atoms in total. The SMILES string of the molecule is C[n+]1ccccc1C1=C2C=CC(=N2)C(c2ccccn2)=C2C=CC(=N2)C(c2ccccn2)=C2C=CC(=N2)C(c2cccc[n+]2C)=C2C=CC1=N2. The normalized spacial score (nSPS) is 17.6. The van der Waals surface area contributed by atoms with E-state index in [9.17, 15) is 0 Å². The maximum absolute atomic E-state index is 5.34. The molecule has 0 unspecified atom stereocenters. The molecule has 0 atom stereocenters. The van der Waals surface area contributed by atoms with Gasteiger partial charge in [-0.05, 0) is 85.0 Å². The Hall–Kier alpha value is -6.80. The zero-order valence-corrected chi connectivity index (χ0v) is 27.4. The van der Waals surface area contributed by atoms with Crippen LogP contribution < -0.4 is 9.13 Å². The molecule has 0 fully saturated rings. The smallest absolute Gasteiger partial charge is 0.216 e. The Bertz CT molecular complexity index is 2430. The lowest BCUT2D eigenvalue weighted by Gasteiger charge is -2.11.